The number of rotatable bonds is 5. The van der Waals surface area contributed by atoms with E-state index in [0.29, 0.717) is 12.0 Å². The molecule has 2 rings (SSSR count). The second-order valence-electron chi connectivity index (χ2n) is 5.33. The maximum atomic E-state index is 13.7. The molecule has 0 aliphatic heterocycles. The lowest BCUT2D eigenvalue weighted by molar-refractivity contribution is -0.137. The zero-order valence-electron chi connectivity index (χ0n) is 11.9. The number of benzene rings is 2. The summed E-state index contributed by atoms with van der Waals surface area (Å²) >= 11 is 0. The molecule has 0 spiro atoms. The summed E-state index contributed by atoms with van der Waals surface area (Å²) in [7, 11) is 0. The maximum absolute atomic E-state index is 13.7. The van der Waals surface area contributed by atoms with E-state index in [1.807, 2.05) is 6.92 Å². The second-order valence-corrected chi connectivity index (χ2v) is 5.33. The summed E-state index contributed by atoms with van der Waals surface area (Å²) in [6.45, 7) is 1.83. The Bertz CT molecular complexity index is 681. The molecule has 1 unspecified atom stereocenters. The summed E-state index contributed by atoms with van der Waals surface area (Å²) in [4.78, 5) is 10.6. The van der Waals surface area contributed by atoms with E-state index in [1.54, 1.807) is 24.3 Å². The number of carboxylic acids is 1. The molecule has 1 atom stereocenters. The predicted octanol–water partition coefficient (Wildman–Crippen LogP) is 4.42. The van der Waals surface area contributed by atoms with E-state index < -0.39 is 23.4 Å². The van der Waals surface area contributed by atoms with Gasteiger partial charge in [0.2, 0.25) is 0 Å². The topological polar surface area (TPSA) is 37.3 Å². The normalized spacial score (nSPS) is 12.2. The summed E-state index contributed by atoms with van der Waals surface area (Å²) in [5.74, 6) is -4.81. The number of hydrogen-bond acceptors (Lipinski definition) is 1. The van der Waals surface area contributed by atoms with E-state index in [2.05, 4.69) is 0 Å². The highest BCUT2D eigenvalue weighted by Crippen LogP contribution is 2.26. The summed E-state index contributed by atoms with van der Waals surface area (Å²) in [6.07, 6.45) is 0.645. The molecule has 0 bridgehead atoms. The fourth-order valence-electron chi connectivity index (χ4n) is 2.34. The Hall–Kier alpha value is -2.30. The van der Waals surface area contributed by atoms with Crippen molar-refractivity contribution in [3.8, 4) is 11.1 Å². The van der Waals surface area contributed by atoms with Crippen molar-refractivity contribution in [2.24, 2.45) is 5.92 Å². The van der Waals surface area contributed by atoms with Crippen LogP contribution in [0.2, 0.25) is 0 Å². The molecule has 0 aliphatic carbocycles. The molecule has 22 heavy (non-hydrogen) atoms. The third kappa shape index (κ3) is 3.67. The van der Waals surface area contributed by atoms with E-state index in [1.165, 1.54) is 6.07 Å². The van der Waals surface area contributed by atoms with Gasteiger partial charge in [-0.2, -0.15) is 0 Å². The first-order chi connectivity index (χ1) is 10.4. The van der Waals surface area contributed by atoms with Gasteiger partial charge >= 0.3 is 5.97 Å². The van der Waals surface area contributed by atoms with Gasteiger partial charge in [0.25, 0.3) is 0 Å². The molecule has 0 aliphatic rings. The van der Waals surface area contributed by atoms with Crippen LogP contribution in [-0.2, 0) is 11.2 Å². The first-order valence-corrected chi connectivity index (χ1v) is 6.83. The largest absolute Gasteiger partial charge is 0.481 e. The van der Waals surface area contributed by atoms with Crippen LogP contribution in [0.4, 0.5) is 13.2 Å². The van der Waals surface area contributed by atoms with Crippen LogP contribution in [0, 0.1) is 23.4 Å². The average molecular weight is 308 g/mol. The molecule has 0 aromatic heterocycles. The summed E-state index contributed by atoms with van der Waals surface area (Å²) in [6, 6.07) is 8.76. The van der Waals surface area contributed by atoms with Crippen LogP contribution >= 0.6 is 0 Å². The van der Waals surface area contributed by atoms with Crippen molar-refractivity contribution in [3.63, 3.8) is 0 Å². The summed E-state index contributed by atoms with van der Waals surface area (Å²) in [5.41, 5.74) is 1.33. The van der Waals surface area contributed by atoms with Gasteiger partial charge in [-0.25, -0.2) is 13.2 Å². The van der Waals surface area contributed by atoms with Gasteiger partial charge in [0.15, 0.2) is 17.5 Å². The first-order valence-electron chi connectivity index (χ1n) is 6.83. The Balaban J connectivity index is 2.19. The van der Waals surface area contributed by atoms with Crippen LogP contribution in [0.3, 0.4) is 0 Å². The van der Waals surface area contributed by atoms with Crippen molar-refractivity contribution in [2.75, 3.05) is 0 Å². The molecule has 2 nitrogen and oxygen atoms in total. The lowest BCUT2D eigenvalue weighted by Gasteiger charge is -2.10. The molecule has 0 saturated carbocycles. The number of hydrogen-bond donors (Lipinski definition) is 1. The highest BCUT2D eigenvalue weighted by atomic mass is 19.2. The molecule has 0 fully saturated rings. The molecule has 0 saturated heterocycles. The standard InChI is InChI=1S/C17H15F3O2/c1-10(9-15(21)22)8-11-2-4-12(5-3-11)13-6-7-14(18)17(20)16(13)19/h2-7,10H,8-9H2,1H3,(H,21,22). The van der Waals surface area contributed by atoms with Gasteiger partial charge in [-0.15, -0.1) is 0 Å². The first kappa shape index (κ1) is 16.1. The van der Waals surface area contributed by atoms with Gasteiger partial charge in [0.1, 0.15) is 0 Å². The van der Waals surface area contributed by atoms with E-state index in [-0.39, 0.29) is 17.9 Å². The molecular formula is C17H15F3O2. The second kappa shape index (κ2) is 6.64. The molecule has 0 heterocycles. The van der Waals surface area contributed by atoms with Crippen molar-refractivity contribution >= 4 is 5.97 Å². The highest BCUT2D eigenvalue weighted by molar-refractivity contribution is 5.67. The van der Waals surface area contributed by atoms with Gasteiger partial charge in [-0.3, -0.25) is 4.79 Å². The zero-order valence-corrected chi connectivity index (χ0v) is 11.9. The Morgan fingerprint density at radius 3 is 2.27 bits per heavy atom. The van der Waals surface area contributed by atoms with Gasteiger partial charge in [-0.05, 0) is 35.6 Å². The minimum Gasteiger partial charge on any atom is -0.481 e. The molecule has 2 aromatic rings. The third-order valence-corrected chi connectivity index (χ3v) is 3.41. The van der Waals surface area contributed by atoms with Gasteiger partial charge < -0.3 is 5.11 Å². The number of carboxylic acid groups (broad SMARTS) is 1. The molecule has 0 amide bonds. The van der Waals surface area contributed by atoms with E-state index in [0.717, 1.165) is 11.6 Å². The molecule has 2 aromatic carbocycles. The Morgan fingerprint density at radius 1 is 1.05 bits per heavy atom. The highest BCUT2D eigenvalue weighted by Gasteiger charge is 2.15. The van der Waals surface area contributed by atoms with Gasteiger partial charge in [-0.1, -0.05) is 31.2 Å². The fraction of sp³-hybridized carbons (Fsp3) is 0.235. The van der Waals surface area contributed by atoms with Crippen LogP contribution in [0.5, 0.6) is 0 Å². The van der Waals surface area contributed by atoms with Crippen molar-refractivity contribution in [1.82, 2.24) is 0 Å². The monoisotopic (exact) mass is 308 g/mol. The third-order valence-electron chi connectivity index (χ3n) is 3.41. The van der Waals surface area contributed by atoms with Gasteiger partial charge in [0.05, 0.1) is 0 Å². The smallest absolute Gasteiger partial charge is 0.303 e. The van der Waals surface area contributed by atoms with Crippen molar-refractivity contribution in [2.45, 2.75) is 19.8 Å². The van der Waals surface area contributed by atoms with Crippen LogP contribution in [0.25, 0.3) is 11.1 Å². The van der Waals surface area contributed by atoms with Crippen LogP contribution in [-0.4, -0.2) is 11.1 Å². The molecule has 116 valence electrons. The van der Waals surface area contributed by atoms with E-state index >= 15 is 0 Å². The molecule has 5 heteroatoms. The van der Waals surface area contributed by atoms with Crippen molar-refractivity contribution in [1.29, 1.82) is 0 Å². The lowest BCUT2D eigenvalue weighted by Crippen LogP contribution is -2.06. The zero-order chi connectivity index (χ0) is 16.3. The Kier molecular flexibility index (Phi) is 4.85. The lowest BCUT2D eigenvalue weighted by atomic mass is 9.96. The number of aliphatic carboxylic acids is 1. The number of halogens is 3. The SMILES string of the molecule is CC(CC(=O)O)Cc1ccc(-c2ccc(F)c(F)c2F)cc1. The van der Waals surface area contributed by atoms with Crippen LogP contribution < -0.4 is 0 Å². The molecular weight excluding hydrogens is 293 g/mol. The summed E-state index contributed by atoms with van der Waals surface area (Å²) in [5, 5.41) is 8.73. The van der Waals surface area contributed by atoms with Crippen LogP contribution in [0.15, 0.2) is 36.4 Å². The quantitative estimate of drug-likeness (QED) is 0.830. The van der Waals surface area contributed by atoms with E-state index in [9.17, 15) is 18.0 Å². The van der Waals surface area contributed by atoms with Crippen molar-refractivity contribution in [3.05, 3.63) is 59.4 Å². The Labute approximate surface area is 126 Å². The maximum Gasteiger partial charge on any atom is 0.303 e. The predicted molar refractivity (Wildman–Crippen MR) is 76.9 cm³/mol. The summed E-state index contributed by atoms with van der Waals surface area (Å²) < 4.78 is 39.9. The minimum atomic E-state index is -1.49. The minimum absolute atomic E-state index is 0.0102. The van der Waals surface area contributed by atoms with E-state index in [4.69, 9.17) is 5.11 Å². The molecule has 1 N–H and O–H groups in total. The van der Waals surface area contributed by atoms with Gasteiger partial charge in [0, 0.05) is 12.0 Å². The number of carbonyl (C=O) groups is 1. The van der Waals surface area contributed by atoms with Crippen molar-refractivity contribution < 1.29 is 23.1 Å². The average Bonchev–Trinajstić information content (AvgIpc) is 2.45. The fourth-order valence-corrected chi connectivity index (χ4v) is 2.34. The van der Waals surface area contributed by atoms with Crippen LogP contribution in [0.1, 0.15) is 18.9 Å². The Morgan fingerprint density at radius 2 is 1.68 bits per heavy atom. The molecule has 0 radical (unpaired) electrons.